The molecule has 4 heteroatoms. The van der Waals surface area contributed by atoms with Crippen molar-refractivity contribution in [2.45, 2.75) is 18.8 Å². The molecule has 1 amide bonds. The van der Waals surface area contributed by atoms with Gasteiger partial charge in [0.25, 0.3) is 0 Å². The fraction of sp³-hybridized carbons (Fsp3) is 0.174. The predicted molar refractivity (Wildman–Crippen MR) is 110 cm³/mol. The van der Waals surface area contributed by atoms with Gasteiger partial charge in [0.05, 0.1) is 12.5 Å². The highest BCUT2D eigenvalue weighted by Gasteiger charge is 2.42. The summed E-state index contributed by atoms with van der Waals surface area (Å²) in [6, 6.07) is 21.7. The van der Waals surface area contributed by atoms with E-state index in [1.54, 1.807) is 7.11 Å². The first-order valence-electron chi connectivity index (χ1n) is 8.85. The zero-order chi connectivity index (χ0) is 19.0. The summed E-state index contributed by atoms with van der Waals surface area (Å²) in [4.78, 5) is 12.8. The lowest BCUT2D eigenvalue weighted by Gasteiger charge is -2.23. The van der Waals surface area contributed by atoms with Crippen molar-refractivity contribution in [1.29, 1.82) is 0 Å². The fourth-order valence-corrected chi connectivity index (χ4v) is 3.85. The van der Waals surface area contributed by atoms with Crippen molar-refractivity contribution in [2.75, 3.05) is 12.4 Å². The minimum absolute atomic E-state index is 0.0182. The van der Waals surface area contributed by atoms with Crippen LogP contribution in [0.2, 0.25) is 5.02 Å². The van der Waals surface area contributed by atoms with E-state index in [1.165, 1.54) is 0 Å². The molecule has 0 aliphatic carbocycles. The summed E-state index contributed by atoms with van der Waals surface area (Å²) in [5, 5.41) is 3.72. The molecule has 3 aromatic rings. The molecule has 3 aromatic carbocycles. The number of hydrogen-bond acceptors (Lipinski definition) is 2. The van der Waals surface area contributed by atoms with E-state index in [4.69, 9.17) is 16.3 Å². The van der Waals surface area contributed by atoms with Crippen LogP contribution in [0.15, 0.2) is 66.7 Å². The van der Waals surface area contributed by atoms with Crippen LogP contribution in [0.1, 0.15) is 18.1 Å². The molecule has 0 saturated carbocycles. The van der Waals surface area contributed by atoms with Crippen molar-refractivity contribution in [3.63, 3.8) is 0 Å². The number of ether oxygens (including phenoxy) is 1. The van der Waals surface area contributed by atoms with E-state index < -0.39 is 5.41 Å². The van der Waals surface area contributed by atoms with E-state index in [-0.39, 0.29) is 5.91 Å². The maximum atomic E-state index is 12.8. The van der Waals surface area contributed by atoms with E-state index in [2.05, 4.69) is 11.4 Å². The summed E-state index contributed by atoms with van der Waals surface area (Å²) in [5.41, 5.74) is 4.36. The lowest BCUT2D eigenvalue weighted by atomic mass is 9.77. The van der Waals surface area contributed by atoms with Gasteiger partial charge in [0.15, 0.2) is 0 Å². The van der Waals surface area contributed by atoms with Gasteiger partial charge in [-0.2, -0.15) is 0 Å². The Bertz CT molecular complexity index is 1010. The molecule has 1 aliphatic rings. The van der Waals surface area contributed by atoms with Crippen LogP contribution in [0.25, 0.3) is 11.1 Å². The smallest absolute Gasteiger partial charge is 0.235 e. The number of halogens is 1. The van der Waals surface area contributed by atoms with Gasteiger partial charge in [-0.25, -0.2) is 0 Å². The van der Waals surface area contributed by atoms with Gasteiger partial charge in [0.1, 0.15) is 5.75 Å². The van der Waals surface area contributed by atoms with Crippen LogP contribution < -0.4 is 10.1 Å². The molecule has 0 fully saturated rings. The van der Waals surface area contributed by atoms with Crippen LogP contribution in [-0.4, -0.2) is 13.0 Å². The molecule has 0 radical (unpaired) electrons. The Morgan fingerprint density at radius 2 is 1.78 bits per heavy atom. The molecule has 27 heavy (non-hydrogen) atoms. The lowest BCUT2D eigenvalue weighted by Crippen LogP contribution is -2.33. The number of carbonyl (C=O) groups excluding carboxylic acids is 1. The molecule has 1 heterocycles. The first-order chi connectivity index (χ1) is 13.0. The summed E-state index contributed by atoms with van der Waals surface area (Å²) >= 11 is 6.00. The van der Waals surface area contributed by atoms with E-state index >= 15 is 0 Å². The molecule has 3 nitrogen and oxygen atoms in total. The van der Waals surface area contributed by atoms with Crippen LogP contribution in [0.5, 0.6) is 5.75 Å². The third kappa shape index (κ3) is 3.08. The Labute approximate surface area is 163 Å². The summed E-state index contributed by atoms with van der Waals surface area (Å²) in [5.74, 6) is 0.832. The number of amides is 1. The number of methoxy groups -OCH3 is 1. The SMILES string of the molecule is COc1ccccc1-c1ccc2c(c1)C(C)(Cc1ccc(Cl)cc1)C(=O)N2. The van der Waals surface area contributed by atoms with Gasteiger partial charge in [-0.3, -0.25) is 4.79 Å². The van der Waals surface area contributed by atoms with Crippen LogP contribution in [0, 0.1) is 0 Å². The fourth-order valence-electron chi connectivity index (χ4n) is 3.73. The van der Waals surface area contributed by atoms with Crippen LogP contribution in [0.3, 0.4) is 0 Å². The maximum absolute atomic E-state index is 12.8. The zero-order valence-corrected chi connectivity index (χ0v) is 16.0. The topological polar surface area (TPSA) is 38.3 Å². The largest absolute Gasteiger partial charge is 0.496 e. The number of fused-ring (bicyclic) bond motifs is 1. The standard InChI is InChI=1S/C23H20ClNO2/c1-23(14-15-7-10-17(24)11-8-15)19-13-16(9-12-20(19)25-22(23)26)18-5-3-4-6-21(18)27-2/h3-13H,14H2,1-2H3,(H,25,26). The van der Waals surface area contributed by atoms with Gasteiger partial charge in [0, 0.05) is 16.3 Å². The number of carbonyl (C=O) groups is 1. The van der Waals surface area contributed by atoms with Crippen LogP contribution in [-0.2, 0) is 16.6 Å². The highest BCUT2D eigenvalue weighted by molar-refractivity contribution is 6.30. The number of hydrogen-bond donors (Lipinski definition) is 1. The highest BCUT2D eigenvalue weighted by Crippen LogP contribution is 2.43. The summed E-state index contributed by atoms with van der Waals surface area (Å²) < 4.78 is 5.50. The van der Waals surface area contributed by atoms with Gasteiger partial charge in [0.2, 0.25) is 5.91 Å². The molecule has 1 unspecified atom stereocenters. The second-order valence-corrected chi connectivity index (χ2v) is 7.49. The average molecular weight is 378 g/mol. The third-order valence-electron chi connectivity index (χ3n) is 5.25. The van der Waals surface area contributed by atoms with Crippen molar-refractivity contribution in [2.24, 2.45) is 0 Å². The zero-order valence-electron chi connectivity index (χ0n) is 15.3. The molecule has 136 valence electrons. The van der Waals surface area contributed by atoms with Gasteiger partial charge in [-0.15, -0.1) is 0 Å². The average Bonchev–Trinajstić information content (AvgIpc) is 2.93. The molecule has 0 aromatic heterocycles. The summed E-state index contributed by atoms with van der Waals surface area (Å²) in [7, 11) is 1.67. The van der Waals surface area contributed by atoms with Crippen LogP contribution >= 0.6 is 11.6 Å². The third-order valence-corrected chi connectivity index (χ3v) is 5.50. The molecule has 4 rings (SSSR count). The molecule has 1 atom stereocenters. The van der Waals surface area contributed by atoms with Crippen molar-refractivity contribution < 1.29 is 9.53 Å². The van der Waals surface area contributed by atoms with Gasteiger partial charge in [-0.05, 0) is 60.4 Å². The number of rotatable bonds is 4. The summed E-state index contributed by atoms with van der Waals surface area (Å²) in [6.45, 7) is 1.99. The molecule has 0 saturated heterocycles. The van der Waals surface area contributed by atoms with Gasteiger partial charge in [-0.1, -0.05) is 48.0 Å². The maximum Gasteiger partial charge on any atom is 0.235 e. The monoisotopic (exact) mass is 377 g/mol. The predicted octanol–water partition coefficient (Wildman–Crippen LogP) is 5.47. The first kappa shape index (κ1) is 17.6. The Hall–Kier alpha value is -2.78. The quantitative estimate of drug-likeness (QED) is 0.654. The molecule has 1 aliphatic heterocycles. The van der Waals surface area contributed by atoms with E-state index in [0.29, 0.717) is 11.4 Å². The van der Waals surface area contributed by atoms with Crippen molar-refractivity contribution in [3.8, 4) is 16.9 Å². The number of nitrogens with one attached hydrogen (secondary N) is 1. The molecule has 1 N–H and O–H groups in total. The Morgan fingerprint density at radius 3 is 2.52 bits per heavy atom. The molecule has 0 bridgehead atoms. The Balaban J connectivity index is 1.77. The van der Waals surface area contributed by atoms with Crippen molar-refractivity contribution >= 4 is 23.2 Å². The van der Waals surface area contributed by atoms with Crippen molar-refractivity contribution in [1.82, 2.24) is 0 Å². The minimum Gasteiger partial charge on any atom is -0.496 e. The normalized spacial score (nSPS) is 18.1. The lowest BCUT2D eigenvalue weighted by molar-refractivity contribution is -0.120. The second-order valence-electron chi connectivity index (χ2n) is 7.05. The van der Waals surface area contributed by atoms with E-state index in [0.717, 1.165) is 33.7 Å². The Kier molecular flexibility index (Phi) is 4.40. The summed E-state index contributed by atoms with van der Waals surface area (Å²) in [6.07, 6.45) is 0.610. The number of para-hydroxylation sites is 1. The van der Waals surface area contributed by atoms with Crippen LogP contribution in [0.4, 0.5) is 5.69 Å². The number of anilines is 1. The molecular formula is C23H20ClNO2. The molecular weight excluding hydrogens is 358 g/mol. The van der Waals surface area contributed by atoms with Gasteiger partial charge < -0.3 is 10.1 Å². The second kappa shape index (κ2) is 6.75. The Morgan fingerprint density at radius 1 is 1.04 bits per heavy atom. The first-order valence-corrected chi connectivity index (χ1v) is 9.23. The van der Waals surface area contributed by atoms with Crippen molar-refractivity contribution in [3.05, 3.63) is 82.9 Å². The minimum atomic E-state index is -0.638. The van der Waals surface area contributed by atoms with E-state index in [1.807, 2.05) is 67.6 Å². The number of benzene rings is 3. The van der Waals surface area contributed by atoms with Gasteiger partial charge >= 0.3 is 0 Å². The van der Waals surface area contributed by atoms with E-state index in [9.17, 15) is 4.79 Å². The highest BCUT2D eigenvalue weighted by atomic mass is 35.5. The molecule has 0 spiro atoms.